The summed E-state index contributed by atoms with van der Waals surface area (Å²) < 4.78 is 4.06. The Labute approximate surface area is 184 Å². The smallest absolute Gasteiger partial charge is 0.212 e. The molecule has 0 spiro atoms. The molecule has 3 aromatic carbocycles. The van der Waals surface area contributed by atoms with Crippen LogP contribution in [0.15, 0.2) is 96.1 Å². The van der Waals surface area contributed by atoms with Gasteiger partial charge >= 0.3 is 0 Å². The van der Waals surface area contributed by atoms with Gasteiger partial charge < -0.3 is 5.73 Å². The number of hydrogen-bond acceptors (Lipinski definition) is 5. The van der Waals surface area contributed by atoms with E-state index in [2.05, 4.69) is 40.3 Å². The summed E-state index contributed by atoms with van der Waals surface area (Å²) >= 11 is 0. The molecule has 1 aliphatic heterocycles. The average molecular weight is 419 g/mol. The van der Waals surface area contributed by atoms with Gasteiger partial charge in [-0.3, -0.25) is 14.6 Å². The standard InChI is InChI=1S/C25H21N7/c26-24-28-23(32-21-14-8-7-13-20(21)27-25(32)29-24)19-16-31(15-17-9-3-1-4-10-17)30-22(19)18-11-5-2-6-12-18/h1-14,16,23H,15H2,(H3,26,27,28,29)/t23-/m1/s1. The zero-order chi connectivity index (χ0) is 21.5. The first-order chi connectivity index (χ1) is 15.8. The number of anilines is 1. The van der Waals surface area contributed by atoms with E-state index in [1.165, 1.54) is 5.56 Å². The van der Waals surface area contributed by atoms with Crippen molar-refractivity contribution in [3.8, 4) is 11.3 Å². The van der Waals surface area contributed by atoms with Gasteiger partial charge in [-0.1, -0.05) is 72.8 Å². The van der Waals surface area contributed by atoms with E-state index in [0.717, 1.165) is 27.9 Å². The Hall–Kier alpha value is -4.39. The number of guanidine groups is 1. The number of nitrogens with one attached hydrogen (secondary N) is 1. The lowest BCUT2D eigenvalue weighted by Crippen LogP contribution is -2.31. The van der Waals surface area contributed by atoms with Gasteiger partial charge in [-0.15, -0.1) is 0 Å². The fourth-order valence-corrected chi connectivity index (χ4v) is 4.22. The number of fused-ring (bicyclic) bond motifs is 3. The molecule has 7 nitrogen and oxygen atoms in total. The van der Waals surface area contributed by atoms with Crippen LogP contribution in [0, 0.1) is 0 Å². The molecule has 6 rings (SSSR count). The Morgan fingerprint density at radius 2 is 1.59 bits per heavy atom. The van der Waals surface area contributed by atoms with Crippen LogP contribution in [0.3, 0.4) is 0 Å². The highest BCUT2D eigenvalue weighted by Gasteiger charge is 2.29. The number of rotatable bonds is 4. The summed E-state index contributed by atoms with van der Waals surface area (Å²) in [6.45, 7) is 0.669. The van der Waals surface area contributed by atoms with Crippen molar-refractivity contribution in [2.24, 2.45) is 10.7 Å². The van der Waals surface area contributed by atoms with Gasteiger partial charge in [-0.2, -0.15) is 5.10 Å². The van der Waals surface area contributed by atoms with Crippen molar-refractivity contribution in [1.82, 2.24) is 19.3 Å². The Kier molecular flexibility index (Phi) is 4.24. The fourth-order valence-electron chi connectivity index (χ4n) is 4.22. The molecule has 32 heavy (non-hydrogen) atoms. The van der Waals surface area contributed by atoms with Crippen LogP contribution in [-0.2, 0) is 6.54 Å². The normalized spacial score (nSPS) is 15.2. The Morgan fingerprint density at radius 1 is 0.875 bits per heavy atom. The highest BCUT2D eigenvalue weighted by Crippen LogP contribution is 2.36. The maximum absolute atomic E-state index is 6.18. The van der Waals surface area contributed by atoms with Gasteiger partial charge in [0.05, 0.1) is 23.3 Å². The van der Waals surface area contributed by atoms with Gasteiger partial charge in [0.25, 0.3) is 0 Å². The van der Waals surface area contributed by atoms with Crippen LogP contribution in [0.2, 0.25) is 0 Å². The molecule has 3 heterocycles. The highest BCUT2D eigenvalue weighted by atomic mass is 15.4. The lowest BCUT2D eigenvalue weighted by Gasteiger charge is -2.23. The minimum absolute atomic E-state index is 0.340. The minimum Gasteiger partial charge on any atom is -0.370 e. The summed E-state index contributed by atoms with van der Waals surface area (Å²) in [5.41, 5.74) is 12.1. The third kappa shape index (κ3) is 3.11. The monoisotopic (exact) mass is 419 g/mol. The van der Waals surface area contributed by atoms with Crippen molar-refractivity contribution >= 4 is 22.9 Å². The van der Waals surface area contributed by atoms with Crippen molar-refractivity contribution in [3.63, 3.8) is 0 Å². The van der Waals surface area contributed by atoms with Crippen LogP contribution in [0.1, 0.15) is 17.3 Å². The molecule has 5 aromatic rings. The lowest BCUT2D eigenvalue weighted by atomic mass is 10.1. The molecule has 2 aromatic heterocycles. The number of nitrogens with zero attached hydrogens (tertiary/aromatic N) is 5. The molecule has 0 bridgehead atoms. The number of hydrogen-bond donors (Lipinski definition) is 2. The zero-order valence-electron chi connectivity index (χ0n) is 17.3. The number of nitrogens with two attached hydrogens (primary N) is 1. The van der Waals surface area contributed by atoms with E-state index in [9.17, 15) is 0 Å². The van der Waals surface area contributed by atoms with Crippen molar-refractivity contribution in [1.29, 1.82) is 0 Å². The van der Waals surface area contributed by atoms with E-state index in [1.54, 1.807) is 0 Å². The van der Waals surface area contributed by atoms with Gasteiger partial charge in [0, 0.05) is 17.3 Å². The second-order valence-corrected chi connectivity index (χ2v) is 7.79. The Balaban J connectivity index is 1.54. The summed E-state index contributed by atoms with van der Waals surface area (Å²) in [6.07, 6.45) is 1.69. The van der Waals surface area contributed by atoms with E-state index in [1.807, 2.05) is 65.3 Å². The lowest BCUT2D eigenvalue weighted by molar-refractivity contribution is 0.623. The summed E-state index contributed by atoms with van der Waals surface area (Å²) in [5.74, 6) is 1.02. The maximum atomic E-state index is 6.18. The predicted molar refractivity (Wildman–Crippen MR) is 126 cm³/mol. The molecular weight excluding hydrogens is 398 g/mol. The molecular formula is C25H21N7. The minimum atomic E-state index is -0.377. The second-order valence-electron chi connectivity index (χ2n) is 7.79. The summed E-state index contributed by atoms with van der Waals surface area (Å²) in [4.78, 5) is 9.50. The van der Waals surface area contributed by atoms with Crippen LogP contribution in [0.4, 0.5) is 5.95 Å². The molecule has 0 unspecified atom stereocenters. The average Bonchev–Trinajstić information content (AvgIpc) is 3.41. The van der Waals surface area contributed by atoms with Gasteiger partial charge in [-0.25, -0.2) is 9.98 Å². The molecule has 7 heteroatoms. The third-order valence-corrected chi connectivity index (χ3v) is 5.64. The zero-order valence-corrected chi connectivity index (χ0v) is 17.3. The molecule has 3 N–H and O–H groups in total. The number of para-hydroxylation sites is 2. The van der Waals surface area contributed by atoms with Gasteiger partial charge in [-0.05, 0) is 17.7 Å². The molecule has 0 amide bonds. The van der Waals surface area contributed by atoms with Crippen molar-refractivity contribution < 1.29 is 0 Å². The molecule has 0 aliphatic carbocycles. The van der Waals surface area contributed by atoms with Gasteiger partial charge in [0.2, 0.25) is 5.95 Å². The van der Waals surface area contributed by atoms with Gasteiger partial charge in [0.15, 0.2) is 12.1 Å². The first-order valence-electron chi connectivity index (χ1n) is 10.5. The summed E-state index contributed by atoms with van der Waals surface area (Å²) in [6, 6.07) is 28.5. The molecule has 1 atom stereocenters. The van der Waals surface area contributed by atoms with E-state index in [-0.39, 0.29) is 6.17 Å². The highest BCUT2D eigenvalue weighted by molar-refractivity contribution is 5.95. The van der Waals surface area contributed by atoms with Crippen molar-refractivity contribution in [2.75, 3.05) is 5.32 Å². The van der Waals surface area contributed by atoms with E-state index in [4.69, 9.17) is 20.8 Å². The Bertz CT molecular complexity index is 1430. The number of imidazole rings is 1. The largest absolute Gasteiger partial charge is 0.370 e. The first kappa shape index (κ1) is 18.4. The maximum Gasteiger partial charge on any atom is 0.212 e. The number of aliphatic imine (C=N–C) groups is 1. The molecule has 0 saturated carbocycles. The van der Waals surface area contributed by atoms with Crippen LogP contribution in [0.25, 0.3) is 22.3 Å². The van der Waals surface area contributed by atoms with E-state index >= 15 is 0 Å². The van der Waals surface area contributed by atoms with E-state index in [0.29, 0.717) is 18.5 Å². The van der Waals surface area contributed by atoms with Crippen molar-refractivity contribution in [3.05, 3.63) is 102 Å². The van der Waals surface area contributed by atoms with Gasteiger partial charge in [0.1, 0.15) is 0 Å². The van der Waals surface area contributed by atoms with Crippen LogP contribution < -0.4 is 11.1 Å². The number of aromatic nitrogens is 4. The molecule has 0 radical (unpaired) electrons. The topological polar surface area (TPSA) is 86.0 Å². The molecule has 1 aliphatic rings. The molecule has 0 fully saturated rings. The van der Waals surface area contributed by atoms with E-state index < -0.39 is 0 Å². The summed E-state index contributed by atoms with van der Waals surface area (Å²) in [7, 11) is 0. The van der Waals surface area contributed by atoms with Crippen LogP contribution in [0.5, 0.6) is 0 Å². The predicted octanol–water partition coefficient (Wildman–Crippen LogP) is 4.24. The third-order valence-electron chi connectivity index (χ3n) is 5.64. The van der Waals surface area contributed by atoms with Crippen LogP contribution >= 0.6 is 0 Å². The summed E-state index contributed by atoms with van der Waals surface area (Å²) in [5, 5.41) is 8.07. The quantitative estimate of drug-likeness (QED) is 0.456. The second kappa shape index (κ2) is 7.39. The number of benzene rings is 3. The van der Waals surface area contributed by atoms with Crippen molar-refractivity contribution in [2.45, 2.75) is 12.7 Å². The SMILES string of the molecule is NC1=N[C@@H](c2cn(Cc3ccccc3)nc2-c2ccccc2)n2c(nc3ccccc32)N1. The first-order valence-corrected chi connectivity index (χ1v) is 10.5. The Morgan fingerprint density at radius 3 is 2.41 bits per heavy atom. The molecule has 0 saturated heterocycles. The molecule has 156 valence electrons. The van der Waals surface area contributed by atoms with Crippen LogP contribution in [-0.4, -0.2) is 25.3 Å². The fraction of sp³-hybridized carbons (Fsp3) is 0.0800.